The minimum absolute atomic E-state index is 0.114. The Bertz CT molecular complexity index is 1120. The van der Waals surface area contributed by atoms with Crippen molar-refractivity contribution in [2.45, 2.75) is 20.0 Å². The third kappa shape index (κ3) is 4.05. The monoisotopic (exact) mass is 390 g/mol. The average molecular weight is 390 g/mol. The van der Waals surface area contributed by atoms with Gasteiger partial charge in [0.25, 0.3) is 0 Å². The number of carbonyl (C=O) groups excluding carboxylic acids is 2. The van der Waals surface area contributed by atoms with Crippen molar-refractivity contribution in [1.82, 2.24) is 15.2 Å². The lowest BCUT2D eigenvalue weighted by Crippen LogP contribution is -2.24. The molecule has 0 atom stereocenters. The molecule has 0 aliphatic carbocycles. The molecule has 1 aliphatic rings. The molecular weight excluding hydrogens is 368 g/mol. The summed E-state index contributed by atoms with van der Waals surface area (Å²) in [4.78, 5) is 30.0. The van der Waals surface area contributed by atoms with Crippen molar-refractivity contribution in [2.75, 3.05) is 18.9 Å². The quantitative estimate of drug-likeness (QED) is 0.669. The van der Waals surface area contributed by atoms with E-state index >= 15 is 0 Å². The van der Waals surface area contributed by atoms with Gasteiger partial charge in [-0.05, 0) is 30.7 Å². The second-order valence-electron chi connectivity index (χ2n) is 7.10. The van der Waals surface area contributed by atoms with E-state index in [0.717, 1.165) is 33.4 Å². The van der Waals surface area contributed by atoms with E-state index in [1.54, 1.807) is 24.2 Å². The van der Waals surface area contributed by atoms with E-state index < -0.39 is 0 Å². The Morgan fingerprint density at radius 2 is 2.14 bits per heavy atom. The van der Waals surface area contributed by atoms with Gasteiger partial charge in [-0.3, -0.25) is 9.59 Å². The van der Waals surface area contributed by atoms with Crippen molar-refractivity contribution in [3.05, 3.63) is 65.1 Å². The van der Waals surface area contributed by atoms with Crippen LogP contribution in [0.3, 0.4) is 0 Å². The Balaban J connectivity index is 1.45. The number of benzene rings is 1. The van der Waals surface area contributed by atoms with Crippen LogP contribution in [-0.4, -0.2) is 35.3 Å². The van der Waals surface area contributed by atoms with Gasteiger partial charge in [0.05, 0.1) is 13.1 Å². The summed E-state index contributed by atoms with van der Waals surface area (Å²) >= 11 is 0. The highest BCUT2D eigenvalue weighted by Crippen LogP contribution is 2.25. The molecule has 29 heavy (non-hydrogen) atoms. The lowest BCUT2D eigenvalue weighted by molar-refractivity contribution is -0.125. The fourth-order valence-corrected chi connectivity index (χ4v) is 3.32. The van der Waals surface area contributed by atoms with Crippen LogP contribution in [0.15, 0.2) is 47.0 Å². The van der Waals surface area contributed by atoms with E-state index in [1.165, 1.54) is 6.08 Å². The molecule has 0 spiro atoms. The fourth-order valence-electron chi connectivity index (χ4n) is 3.32. The largest absolute Gasteiger partial charge is 0.459 e. The highest BCUT2D eigenvalue weighted by molar-refractivity contribution is 5.93. The van der Waals surface area contributed by atoms with Gasteiger partial charge in [0, 0.05) is 42.4 Å². The highest BCUT2D eigenvalue weighted by atomic mass is 16.3. The Morgan fingerprint density at radius 3 is 2.97 bits per heavy atom. The van der Waals surface area contributed by atoms with Gasteiger partial charge in [-0.15, -0.1) is 0 Å². The van der Waals surface area contributed by atoms with Crippen LogP contribution in [0, 0.1) is 6.92 Å². The maximum atomic E-state index is 12.5. The van der Waals surface area contributed by atoms with Crippen LogP contribution < -0.4 is 10.6 Å². The van der Waals surface area contributed by atoms with E-state index in [-0.39, 0.29) is 18.4 Å². The first-order valence-corrected chi connectivity index (χ1v) is 9.41. The minimum atomic E-state index is -0.133. The molecule has 2 aromatic heterocycles. The molecule has 0 fully saturated rings. The zero-order valence-corrected chi connectivity index (χ0v) is 16.4. The van der Waals surface area contributed by atoms with Gasteiger partial charge in [0.2, 0.25) is 11.8 Å². The summed E-state index contributed by atoms with van der Waals surface area (Å²) in [5, 5.41) is 6.86. The summed E-state index contributed by atoms with van der Waals surface area (Å²) in [6.45, 7) is 3.19. The summed E-state index contributed by atoms with van der Waals surface area (Å²) in [7, 11) is 1.74. The van der Waals surface area contributed by atoms with Gasteiger partial charge in [-0.1, -0.05) is 18.2 Å². The summed E-state index contributed by atoms with van der Waals surface area (Å²) in [5.41, 5.74) is 3.56. The number of likely N-dealkylation sites (N-methyl/N-ethyl adjacent to an activating group) is 1. The molecular formula is C22H22N4O3. The normalized spacial score (nSPS) is 13.9. The number of para-hydroxylation sites is 1. The fraction of sp³-hybridized carbons (Fsp3) is 0.227. The Morgan fingerprint density at radius 1 is 1.31 bits per heavy atom. The third-order valence-corrected chi connectivity index (χ3v) is 4.96. The molecule has 0 unspecified atom stereocenters. The molecule has 3 aromatic rings. The van der Waals surface area contributed by atoms with Gasteiger partial charge in [0.1, 0.15) is 17.2 Å². The SMILES string of the molecule is Cc1c(CN(C)C(=O)C=Cc2cnc3c(c2)CNCC(=O)N3)oc2ccccc12. The summed E-state index contributed by atoms with van der Waals surface area (Å²) in [5.74, 6) is 1.09. The highest BCUT2D eigenvalue weighted by Gasteiger charge is 2.15. The number of amides is 2. The van der Waals surface area contributed by atoms with Crippen LogP contribution in [0.5, 0.6) is 0 Å². The zero-order chi connectivity index (χ0) is 20.4. The van der Waals surface area contributed by atoms with Gasteiger partial charge in [-0.25, -0.2) is 4.98 Å². The molecule has 0 radical (unpaired) electrons. The van der Waals surface area contributed by atoms with Crippen molar-refractivity contribution < 1.29 is 14.0 Å². The second kappa shape index (κ2) is 7.89. The van der Waals surface area contributed by atoms with Crippen LogP contribution in [-0.2, 0) is 22.7 Å². The first-order chi connectivity index (χ1) is 14.0. The van der Waals surface area contributed by atoms with Gasteiger partial charge < -0.3 is 20.0 Å². The van der Waals surface area contributed by atoms with E-state index in [4.69, 9.17) is 4.42 Å². The number of hydrogen-bond donors (Lipinski definition) is 2. The van der Waals surface area contributed by atoms with Crippen LogP contribution >= 0.6 is 0 Å². The number of aryl methyl sites for hydroxylation is 1. The second-order valence-corrected chi connectivity index (χ2v) is 7.10. The number of nitrogens with one attached hydrogen (secondary N) is 2. The number of hydrogen-bond acceptors (Lipinski definition) is 5. The van der Waals surface area contributed by atoms with Crippen molar-refractivity contribution in [3.8, 4) is 0 Å². The number of fused-ring (bicyclic) bond motifs is 2. The van der Waals surface area contributed by atoms with Crippen molar-refractivity contribution >= 4 is 34.7 Å². The molecule has 2 N–H and O–H groups in total. The molecule has 7 heteroatoms. The number of pyridine rings is 1. The number of carbonyl (C=O) groups is 2. The third-order valence-electron chi connectivity index (χ3n) is 4.96. The molecule has 148 valence electrons. The maximum Gasteiger partial charge on any atom is 0.246 e. The summed E-state index contributed by atoms with van der Waals surface area (Å²) in [6, 6.07) is 9.76. The van der Waals surface area contributed by atoms with E-state index in [0.29, 0.717) is 18.9 Å². The maximum absolute atomic E-state index is 12.5. The van der Waals surface area contributed by atoms with Crippen LogP contribution in [0.1, 0.15) is 22.5 Å². The van der Waals surface area contributed by atoms with E-state index in [9.17, 15) is 9.59 Å². The number of anilines is 1. The van der Waals surface area contributed by atoms with Crippen LogP contribution in [0.25, 0.3) is 17.0 Å². The topological polar surface area (TPSA) is 87.5 Å². The molecule has 4 rings (SSSR count). The molecule has 7 nitrogen and oxygen atoms in total. The molecule has 0 bridgehead atoms. The van der Waals surface area contributed by atoms with Crippen LogP contribution in [0.4, 0.5) is 5.82 Å². The molecule has 3 heterocycles. The Hall–Kier alpha value is -3.45. The lowest BCUT2D eigenvalue weighted by atomic mass is 10.1. The number of nitrogens with zero attached hydrogens (tertiary/aromatic N) is 2. The smallest absolute Gasteiger partial charge is 0.246 e. The Kier molecular flexibility index (Phi) is 5.14. The predicted octanol–water partition coefficient (Wildman–Crippen LogP) is 2.85. The van der Waals surface area contributed by atoms with Gasteiger partial charge in [0.15, 0.2) is 0 Å². The lowest BCUT2D eigenvalue weighted by Gasteiger charge is -2.14. The first kappa shape index (κ1) is 18.9. The first-order valence-electron chi connectivity index (χ1n) is 9.41. The van der Waals surface area contributed by atoms with E-state index in [1.807, 2.05) is 37.3 Å². The number of aromatic nitrogens is 1. The van der Waals surface area contributed by atoms with Crippen molar-refractivity contribution in [2.24, 2.45) is 0 Å². The Labute approximate surface area is 168 Å². The van der Waals surface area contributed by atoms with Crippen molar-refractivity contribution in [3.63, 3.8) is 0 Å². The number of furan rings is 1. The van der Waals surface area contributed by atoms with E-state index in [2.05, 4.69) is 15.6 Å². The predicted molar refractivity (Wildman–Crippen MR) is 111 cm³/mol. The van der Waals surface area contributed by atoms with Crippen LogP contribution in [0.2, 0.25) is 0 Å². The van der Waals surface area contributed by atoms with Crippen molar-refractivity contribution in [1.29, 1.82) is 0 Å². The summed E-state index contributed by atoms with van der Waals surface area (Å²) in [6.07, 6.45) is 4.88. The standard InChI is InChI=1S/C22H22N4O3/c1-14-17-5-3-4-6-18(17)29-19(14)13-26(2)21(28)8-7-15-9-16-11-23-12-20(27)25-22(16)24-10-15/h3-10,23H,11-13H2,1-2H3,(H,24,25,27). The minimum Gasteiger partial charge on any atom is -0.459 e. The zero-order valence-electron chi connectivity index (χ0n) is 16.4. The molecule has 2 amide bonds. The average Bonchev–Trinajstić information content (AvgIpc) is 2.90. The van der Waals surface area contributed by atoms with Gasteiger partial charge >= 0.3 is 0 Å². The molecule has 1 aromatic carbocycles. The number of rotatable bonds is 4. The summed E-state index contributed by atoms with van der Waals surface area (Å²) < 4.78 is 5.90. The van der Waals surface area contributed by atoms with Gasteiger partial charge in [-0.2, -0.15) is 0 Å². The molecule has 1 aliphatic heterocycles. The molecule has 0 saturated carbocycles. The molecule has 0 saturated heterocycles.